The molecule has 0 unspecified atom stereocenters. The Labute approximate surface area is 108 Å². The average Bonchev–Trinajstić information content (AvgIpc) is 3.04. The Bertz CT molecular complexity index is 450. The zero-order chi connectivity index (χ0) is 12.8. The lowest BCUT2D eigenvalue weighted by Crippen LogP contribution is -2.21. The summed E-state index contributed by atoms with van der Waals surface area (Å²) in [4.78, 5) is 0. The van der Waals surface area contributed by atoms with Crippen LogP contribution in [-0.2, 0) is 5.41 Å². The van der Waals surface area contributed by atoms with E-state index in [2.05, 4.69) is 13.8 Å². The van der Waals surface area contributed by atoms with Crippen molar-refractivity contribution in [3.05, 3.63) is 27.8 Å². The molecule has 3 N–H and O–H groups in total. The number of aromatic hydroxyl groups is 1. The third-order valence-corrected chi connectivity index (χ3v) is 4.31. The van der Waals surface area contributed by atoms with E-state index in [-0.39, 0.29) is 11.3 Å². The van der Waals surface area contributed by atoms with Gasteiger partial charge in [-0.25, -0.2) is 0 Å². The molecule has 2 nitrogen and oxygen atoms in total. The predicted octanol–water partition coefficient (Wildman–Crippen LogP) is 3.47. The molecule has 94 valence electrons. The number of halogens is 1. The number of phenols is 1. The van der Waals surface area contributed by atoms with Crippen molar-refractivity contribution in [3.63, 3.8) is 0 Å². The van der Waals surface area contributed by atoms with Crippen LogP contribution in [0.4, 0.5) is 0 Å². The molecule has 1 aliphatic rings. The van der Waals surface area contributed by atoms with E-state index in [9.17, 15) is 5.11 Å². The molecule has 0 spiro atoms. The van der Waals surface area contributed by atoms with E-state index in [4.69, 9.17) is 17.3 Å². The van der Waals surface area contributed by atoms with Gasteiger partial charge in [-0.2, -0.15) is 0 Å². The van der Waals surface area contributed by atoms with Gasteiger partial charge in [-0.1, -0.05) is 25.4 Å². The number of nitrogens with two attached hydrogens (primary N) is 1. The Balaban J connectivity index is 2.65. The molecular formula is C14H20ClNO. The second-order valence-corrected chi connectivity index (χ2v) is 5.84. The van der Waals surface area contributed by atoms with Gasteiger partial charge in [-0.15, -0.1) is 0 Å². The smallest absolute Gasteiger partial charge is 0.123 e. The van der Waals surface area contributed by atoms with Crippen LogP contribution >= 0.6 is 11.6 Å². The van der Waals surface area contributed by atoms with Crippen LogP contribution in [0.15, 0.2) is 6.07 Å². The standard InChI is InChI=1S/C14H20ClNO/c1-8(2)10-6-11(15)9(3)12(13(10)17)14(7-16)4-5-14/h6,8,17H,4-5,7,16H2,1-3H3. The molecule has 0 aromatic heterocycles. The summed E-state index contributed by atoms with van der Waals surface area (Å²) >= 11 is 6.27. The van der Waals surface area contributed by atoms with E-state index in [1.165, 1.54) is 0 Å². The number of hydrogen-bond donors (Lipinski definition) is 2. The lowest BCUT2D eigenvalue weighted by atomic mass is 9.86. The van der Waals surface area contributed by atoms with E-state index < -0.39 is 0 Å². The van der Waals surface area contributed by atoms with Crippen molar-refractivity contribution in [2.45, 2.75) is 44.9 Å². The van der Waals surface area contributed by atoms with Crippen LogP contribution in [0.5, 0.6) is 5.75 Å². The second kappa shape index (κ2) is 4.18. The highest BCUT2D eigenvalue weighted by atomic mass is 35.5. The maximum absolute atomic E-state index is 10.5. The van der Waals surface area contributed by atoms with Crippen molar-refractivity contribution in [1.82, 2.24) is 0 Å². The van der Waals surface area contributed by atoms with Crippen LogP contribution in [-0.4, -0.2) is 11.7 Å². The van der Waals surface area contributed by atoms with Crippen LogP contribution in [0.25, 0.3) is 0 Å². The highest BCUT2D eigenvalue weighted by Crippen LogP contribution is 2.54. The van der Waals surface area contributed by atoms with E-state index in [0.717, 1.165) is 34.6 Å². The second-order valence-electron chi connectivity index (χ2n) is 5.44. The molecule has 1 saturated carbocycles. The normalized spacial score (nSPS) is 17.5. The fourth-order valence-electron chi connectivity index (χ4n) is 2.55. The Morgan fingerprint density at radius 1 is 1.47 bits per heavy atom. The molecule has 1 aromatic rings. The van der Waals surface area contributed by atoms with E-state index in [1.807, 2.05) is 13.0 Å². The molecule has 0 aliphatic heterocycles. The third-order valence-electron chi connectivity index (χ3n) is 3.92. The van der Waals surface area contributed by atoms with Gasteiger partial charge in [0.2, 0.25) is 0 Å². The Hall–Kier alpha value is -0.730. The SMILES string of the molecule is Cc1c(Cl)cc(C(C)C)c(O)c1C1(CN)CC1. The van der Waals surface area contributed by atoms with Gasteiger partial charge in [0.25, 0.3) is 0 Å². The Morgan fingerprint density at radius 3 is 2.47 bits per heavy atom. The summed E-state index contributed by atoms with van der Waals surface area (Å²) in [5.41, 5.74) is 8.73. The fraction of sp³-hybridized carbons (Fsp3) is 0.571. The highest BCUT2D eigenvalue weighted by molar-refractivity contribution is 6.31. The molecule has 0 atom stereocenters. The van der Waals surface area contributed by atoms with Crippen LogP contribution in [0.1, 0.15) is 49.3 Å². The molecule has 0 amide bonds. The first-order valence-corrected chi connectivity index (χ1v) is 6.53. The number of benzene rings is 1. The first-order chi connectivity index (χ1) is 7.93. The summed E-state index contributed by atoms with van der Waals surface area (Å²) < 4.78 is 0. The lowest BCUT2D eigenvalue weighted by molar-refractivity contribution is 0.448. The van der Waals surface area contributed by atoms with E-state index >= 15 is 0 Å². The molecule has 0 bridgehead atoms. The zero-order valence-electron chi connectivity index (χ0n) is 10.7. The van der Waals surface area contributed by atoms with E-state index in [1.54, 1.807) is 0 Å². The van der Waals surface area contributed by atoms with Crippen molar-refractivity contribution in [3.8, 4) is 5.75 Å². The average molecular weight is 254 g/mol. The minimum absolute atomic E-state index is 0.0251. The minimum Gasteiger partial charge on any atom is -0.507 e. The molecule has 17 heavy (non-hydrogen) atoms. The largest absolute Gasteiger partial charge is 0.507 e. The van der Waals surface area contributed by atoms with Gasteiger partial charge in [0, 0.05) is 22.5 Å². The van der Waals surface area contributed by atoms with Gasteiger partial charge in [0.15, 0.2) is 0 Å². The zero-order valence-corrected chi connectivity index (χ0v) is 11.4. The van der Waals surface area contributed by atoms with Crippen molar-refractivity contribution in [2.24, 2.45) is 5.73 Å². The third kappa shape index (κ3) is 1.94. The first kappa shape index (κ1) is 12.7. The summed E-state index contributed by atoms with van der Waals surface area (Å²) in [6, 6.07) is 1.88. The Kier molecular flexibility index (Phi) is 3.13. The molecule has 1 aromatic carbocycles. The van der Waals surface area contributed by atoms with Crippen molar-refractivity contribution in [2.75, 3.05) is 6.54 Å². The van der Waals surface area contributed by atoms with Gasteiger partial charge in [-0.05, 0) is 42.9 Å². The van der Waals surface area contributed by atoms with Crippen LogP contribution in [0.2, 0.25) is 5.02 Å². The maximum atomic E-state index is 10.5. The number of rotatable bonds is 3. The highest BCUT2D eigenvalue weighted by Gasteiger charge is 2.46. The van der Waals surface area contributed by atoms with Gasteiger partial charge >= 0.3 is 0 Å². The maximum Gasteiger partial charge on any atom is 0.123 e. The molecule has 1 fully saturated rings. The lowest BCUT2D eigenvalue weighted by Gasteiger charge is -2.22. The molecular weight excluding hydrogens is 234 g/mol. The predicted molar refractivity (Wildman–Crippen MR) is 71.9 cm³/mol. The van der Waals surface area contributed by atoms with Crippen LogP contribution in [0.3, 0.4) is 0 Å². The fourth-order valence-corrected chi connectivity index (χ4v) is 2.76. The van der Waals surface area contributed by atoms with Crippen molar-refractivity contribution in [1.29, 1.82) is 0 Å². The van der Waals surface area contributed by atoms with Crippen LogP contribution in [0, 0.1) is 6.92 Å². The topological polar surface area (TPSA) is 46.2 Å². The molecule has 3 heteroatoms. The summed E-state index contributed by atoms with van der Waals surface area (Å²) in [7, 11) is 0. The van der Waals surface area contributed by atoms with Gasteiger partial charge in [0.1, 0.15) is 5.75 Å². The minimum atomic E-state index is -0.0251. The summed E-state index contributed by atoms with van der Waals surface area (Å²) in [5.74, 6) is 0.672. The molecule has 0 heterocycles. The van der Waals surface area contributed by atoms with Crippen molar-refractivity contribution >= 4 is 11.6 Å². The monoisotopic (exact) mass is 253 g/mol. The molecule has 0 saturated heterocycles. The Morgan fingerprint density at radius 2 is 2.06 bits per heavy atom. The quantitative estimate of drug-likeness (QED) is 0.867. The van der Waals surface area contributed by atoms with Crippen molar-refractivity contribution < 1.29 is 5.11 Å². The summed E-state index contributed by atoms with van der Waals surface area (Å²) in [6.07, 6.45) is 2.10. The number of phenolic OH excluding ortho intramolecular Hbond substituents is 1. The van der Waals surface area contributed by atoms with Crippen LogP contribution < -0.4 is 5.73 Å². The summed E-state index contributed by atoms with van der Waals surface area (Å²) in [6.45, 7) is 6.68. The van der Waals surface area contributed by atoms with Gasteiger partial charge in [-0.3, -0.25) is 0 Å². The van der Waals surface area contributed by atoms with Gasteiger partial charge in [0.05, 0.1) is 0 Å². The first-order valence-electron chi connectivity index (χ1n) is 6.15. The molecule has 1 aliphatic carbocycles. The van der Waals surface area contributed by atoms with Gasteiger partial charge < -0.3 is 10.8 Å². The summed E-state index contributed by atoms with van der Waals surface area (Å²) in [5, 5.41) is 11.2. The van der Waals surface area contributed by atoms with E-state index in [0.29, 0.717) is 12.3 Å². The molecule has 2 rings (SSSR count). The number of hydrogen-bond acceptors (Lipinski definition) is 2. The molecule has 0 radical (unpaired) electrons.